The summed E-state index contributed by atoms with van der Waals surface area (Å²) < 4.78 is 5.57. The van der Waals surface area contributed by atoms with E-state index >= 15 is 0 Å². The first-order valence-corrected chi connectivity index (χ1v) is 9.09. The highest BCUT2D eigenvalue weighted by Crippen LogP contribution is 2.27. The second-order valence-corrected chi connectivity index (χ2v) is 7.93. The molecule has 1 aromatic carbocycles. The van der Waals surface area contributed by atoms with Crippen LogP contribution in [0.5, 0.6) is 0 Å². The smallest absolute Gasteiger partial charge is 0.310 e. The summed E-state index contributed by atoms with van der Waals surface area (Å²) in [5.74, 6) is 3.80. The predicted octanol–water partition coefficient (Wildman–Crippen LogP) is 3.70. The molecule has 0 bridgehead atoms. The van der Waals surface area contributed by atoms with E-state index in [2.05, 4.69) is 5.43 Å². The quantitative estimate of drug-likeness (QED) is 0.320. The van der Waals surface area contributed by atoms with Crippen LogP contribution >= 0.6 is 0 Å². The number of carbonyl (C=O) groups is 2. The summed E-state index contributed by atoms with van der Waals surface area (Å²) in [5, 5.41) is 0. The van der Waals surface area contributed by atoms with Gasteiger partial charge in [-0.05, 0) is 45.1 Å². The van der Waals surface area contributed by atoms with Crippen LogP contribution in [0.1, 0.15) is 53.0 Å². The summed E-state index contributed by atoms with van der Waals surface area (Å²) >= 11 is 0. The average molecular weight is 360 g/mol. The van der Waals surface area contributed by atoms with Gasteiger partial charge in [0.25, 0.3) is 0 Å². The van der Waals surface area contributed by atoms with Gasteiger partial charge in [-0.25, -0.2) is 5.84 Å². The van der Waals surface area contributed by atoms with E-state index in [1.165, 1.54) is 0 Å². The van der Waals surface area contributed by atoms with E-state index in [0.29, 0.717) is 12.8 Å². The van der Waals surface area contributed by atoms with Crippen LogP contribution in [0.15, 0.2) is 36.4 Å². The van der Waals surface area contributed by atoms with Gasteiger partial charge >= 0.3 is 5.97 Å². The van der Waals surface area contributed by atoms with E-state index in [-0.39, 0.29) is 17.8 Å². The fourth-order valence-electron chi connectivity index (χ4n) is 2.79. The number of esters is 1. The molecule has 0 spiro atoms. The molecule has 26 heavy (non-hydrogen) atoms. The molecule has 2 atom stereocenters. The molecule has 1 unspecified atom stereocenters. The first kappa shape index (κ1) is 21.9. The lowest BCUT2D eigenvalue weighted by Crippen LogP contribution is -2.43. The molecule has 0 saturated carbocycles. The number of rotatable bonds is 8. The summed E-state index contributed by atoms with van der Waals surface area (Å²) in [6.07, 6.45) is 4.84. The number of benzene rings is 1. The lowest BCUT2D eigenvalue weighted by atomic mass is 9.82. The molecule has 0 saturated heterocycles. The maximum absolute atomic E-state index is 12.8. The molecule has 0 aliphatic heterocycles. The Balaban J connectivity index is 3.04. The first-order chi connectivity index (χ1) is 12.1. The minimum atomic E-state index is -0.611. The van der Waals surface area contributed by atoms with Crippen LogP contribution in [0.3, 0.4) is 0 Å². The number of hydrogen-bond donors (Lipinski definition) is 2. The van der Waals surface area contributed by atoms with Gasteiger partial charge in [0.1, 0.15) is 5.60 Å². The highest BCUT2D eigenvalue weighted by molar-refractivity contribution is 5.85. The van der Waals surface area contributed by atoms with Crippen LogP contribution in [-0.2, 0) is 14.3 Å². The van der Waals surface area contributed by atoms with Gasteiger partial charge in [0.05, 0.1) is 11.8 Å². The molecule has 144 valence electrons. The molecule has 0 aliphatic rings. The van der Waals surface area contributed by atoms with Crippen molar-refractivity contribution < 1.29 is 14.3 Å². The topological polar surface area (TPSA) is 81.4 Å². The number of amides is 1. The molecule has 1 amide bonds. The van der Waals surface area contributed by atoms with Crippen LogP contribution in [0.25, 0.3) is 6.08 Å². The number of allylic oxidation sites excluding steroid dienone is 1. The van der Waals surface area contributed by atoms with Crippen molar-refractivity contribution >= 4 is 18.0 Å². The van der Waals surface area contributed by atoms with E-state index < -0.39 is 17.4 Å². The zero-order valence-electron chi connectivity index (χ0n) is 16.5. The molecular formula is C21H32N2O3. The van der Waals surface area contributed by atoms with Crippen molar-refractivity contribution in [1.29, 1.82) is 0 Å². The van der Waals surface area contributed by atoms with Crippen molar-refractivity contribution in [2.24, 2.45) is 23.6 Å². The minimum Gasteiger partial charge on any atom is -0.460 e. The average Bonchev–Trinajstić information content (AvgIpc) is 2.55. The second kappa shape index (κ2) is 10.1. The van der Waals surface area contributed by atoms with E-state index in [1.807, 2.05) is 77.1 Å². The maximum atomic E-state index is 12.8. The molecule has 1 aromatic rings. The van der Waals surface area contributed by atoms with Crippen LogP contribution in [0, 0.1) is 17.8 Å². The Kier molecular flexibility index (Phi) is 8.52. The predicted molar refractivity (Wildman–Crippen MR) is 105 cm³/mol. The zero-order chi connectivity index (χ0) is 19.7. The van der Waals surface area contributed by atoms with E-state index in [1.54, 1.807) is 0 Å². The Labute approximate surface area is 157 Å². The van der Waals surface area contributed by atoms with Crippen molar-refractivity contribution in [2.45, 2.75) is 53.1 Å². The summed E-state index contributed by atoms with van der Waals surface area (Å²) in [6.45, 7) is 9.50. The van der Waals surface area contributed by atoms with Crippen molar-refractivity contribution in [3.8, 4) is 0 Å². The number of hydrazine groups is 1. The molecule has 5 nitrogen and oxygen atoms in total. The highest BCUT2D eigenvalue weighted by atomic mass is 16.6. The lowest BCUT2D eigenvalue weighted by molar-refractivity contribution is -0.164. The Morgan fingerprint density at radius 3 is 2.27 bits per heavy atom. The highest BCUT2D eigenvalue weighted by Gasteiger charge is 2.35. The summed E-state index contributed by atoms with van der Waals surface area (Å²) in [6, 6.07) is 9.82. The van der Waals surface area contributed by atoms with Crippen LogP contribution in [0.2, 0.25) is 0 Å². The standard InChI is InChI=1S/C21H32N2O3/c1-15(2)14-18(19(24)23-22)17(20(25)26-21(3,4)5)13-9-12-16-10-7-6-8-11-16/h6-12,15,17-18H,13-14,22H2,1-5H3,(H,23,24)/b12-9+/t17?,18-/m1/s1. The van der Waals surface area contributed by atoms with Gasteiger partial charge < -0.3 is 4.74 Å². The Hall–Kier alpha value is -2.14. The van der Waals surface area contributed by atoms with Crippen molar-refractivity contribution in [3.05, 3.63) is 42.0 Å². The van der Waals surface area contributed by atoms with Gasteiger partial charge in [0, 0.05) is 0 Å². The Morgan fingerprint density at radius 1 is 1.15 bits per heavy atom. The lowest BCUT2D eigenvalue weighted by Gasteiger charge is -2.28. The molecule has 0 aliphatic carbocycles. The van der Waals surface area contributed by atoms with E-state index in [4.69, 9.17) is 10.6 Å². The van der Waals surface area contributed by atoms with Gasteiger partial charge in [-0.15, -0.1) is 0 Å². The normalized spacial score (nSPS) is 14.3. The van der Waals surface area contributed by atoms with Crippen molar-refractivity contribution in [2.75, 3.05) is 0 Å². The second-order valence-electron chi connectivity index (χ2n) is 7.93. The molecule has 0 radical (unpaired) electrons. The van der Waals surface area contributed by atoms with Crippen molar-refractivity contribution in [1.82, 2.24) is 5.43 Å². The fraction of sp³-hybridized carbons (Fsp3) is 0.524. The maximum Gasteiger partial charge on any atom is 0.310 e. The minimum absolute atomic E-state index is 0.250. The van der Waals surface area contributed by atoms with E-state index in [9.17, 15) is 9.59 Å². The first-order valence-electron chi connectivity index (χ1n) is 9.09. The zero-order valence-corrected chi connectivity index (χ0v) is 16.5. The number of nitrogens with two attached hydrogens (primary N) is 1. The third-order valence-corrected chi connectivity index (χ3v) is 3.90. The van der Waals surface area contributed by atoms with Gasteiger partial charge in [-0.3, -0.25) is 15.0 Å². The van der Waals surface area contributed by atoms with Gasteiger partial charge in [0.2, 0.25) is 5.91 Å². The molecule has 0 heterocycles. The summed E-state index contributed by atoms with van der Waals surface area (Å²) in [5.41, 5.74) is 2.64. The SMILES string of the molecule is CC(C)C[C@@H](C(=O)NN)C(C/C=C/c1ccccc1)C(=O)OC(C)(C)C. The summed E-state index contributed by atoms with van der Waals surface area (Å²) in [4.78, 5) is 25.1. The Morgan fingerprint density at radius 2 is 1.77 bits per heavy atom. The number of carbonyl (C=O) groups excluding carboxylic acids is 2. The molecule has 3 N–H and O–H groups in total. The van der Waals surface area contributed by atoms with E-state index in [0.717, 1.165) is 5.56 Å². The molecule has 5 heteroatoms. The van der Waals surface area contributed by atoms with Crippen LogP contribution < -0.4 is 11.3 Å². The third kappa shape index (κ3) is 7.83. The third-order valence-electron chi connectivity index (χ3n) is 3.90. The number of nitrogens with one attached hydrogen (secondary N) is 1. The molecule has 0 aromatic heterocycles. The fourth-order valence-corrected chi connectivity index (χ4v) is 2.79. The monoisotopic (exact) mass is 360 g/mol. The van der Waals surface area contributed by atoms with Crippen LogP contribution in [-0.4, -0.2) is 17.5 Å². The van der Waals surface area contributed by atoms with Crippen molar-refractivity contribution in [3.63, 3.8) is 0 Å². The molecular weight excluding hydrogens is 328 g/mol. The Bertz CT molecular complexity index is 603. The molecule has 1 rings (SSSR count). The van der Waals surface area contributed by atoms with Gasteiger partial charge in [0.15, 0.2) is 0 Å². The number of ether oxygens (including phenoxy) is 1. The largest absolute Gasteiger partial charge is 0.460 e. The van der Waals surface area contributed by atoms with Gasteiger partial charge in [-0.2, -0.15) is 0 Å². The van der Waals surface area contributed by atoms with Crippen LogP contribution in [0.4, 0.5) is 0 Å². The number of hydrogen-bond acceptors (Lipinski definition) is 4. The summed E-state index contributed by atoms with van der Waals surface area (Å²) in [7, 11) is 0. The van der Waals surface area contributed by atoms with Gasteiger partial charge in [-0.1, -0.05) is 56.3 Å². The molecule has 0 fully saturated rings.